The Bertz CT molecular complexity index is 1610. The van der Waals surface area contributed by atoms with Gasteiger partial charge in [0.25, 0.3) is 5.78 Å². The Balaban J connectivity index is 1.70. The summed E-state index contributed by atoms with van der Waals surface area (Å²) in [5, 5.41) is 11.7. The molecule has 0 unspecified atom stereocenters. The van der Waals surface area contributed by atoms with Crippen molar-refractivity contribution >= 4 is 39.9 Å². The highest BCUT2D eigenvalue weighted by atomic mass is 32.1. The van der Waals surface area contributed by atoms with Gasteiger partial charge >= 0.3 is 11.9 Å². The van der Waals surface area contributed by atoms with Crippen molar-refractivity contribution < 1.29 is 43.2 Å². The molecule has 1 aromatic heterocycles. The summed E-state index contributed by atoms with van der Waals surface area (Å²) in [5.41, 5.74) is 0.850. The SMILES string of the molecule is C=CCOc1ccc([C@H]2/C(=C(\O)c3ccc4c(c3)OCCO4)C(=O)C(=O)N2c2nc(C)c(C(=O)OC)s2)cc1OCC. The van der Waals surface area contributed by atoms with E-state index in [1.165, 1.54) is 12.0 Å². The lowest BCUT2D eigenvalue weighted by Crippen LogP contribution is -2.29. The minimum Gasteiger partial charge on any atom is -0.507 e. The van der Waals surface area contributed by atoms with Crippen molar-refractivity contribution in [2.75, 3.05) is 38.4 Å². The highest BCUT2D eigenvalue weighted by Crippen LogP contribution is 2.46. The van der Waals surface area contributed by atoms with Crippen molar-refractivity contribution in [1.82, 2.24) is 4.98 Å². The van der Waals surface area contributed by atoms with Crippen LogP contribution in [0.1, 0.15) is 39.5 Å². The molecule has 42 heavy (non-hydrogen) atoms. The molecule has 1 amide bonds. The Morgan fingerprint density at radius 2 is 1.90 bits per heavy atom. The first-order chi connectivity index (χ1) is 20.3. The molecule has 5 rings (SSSR count). The normalized spacial score (nSPS) is 17.2. The van der Waals surface area contributed by atoms with Crippen molar-refractivity contribution in [3.05, 3.63) is 76.3 Å². The number of amides is 1. The van der Waals surface area contributed by atoms with Crippen LogP contribution in [0.3, 0.4) is 0 Å². The number of esters is 1. The van der Waals surface area contributed by atoms with E-state index in [1.54, 1.807) is 49.4 Å². The first-order valence-corrected chi connectivity index (χ1v) is 13.9. The lowest BCUT2D eigenvalue weighted by Gasteiger charge is -2.24. The number of carbonyl (C=O) groups excluding carboxylic acids is 3. The van der Waals surface area contributed by atoms with E-state index in [-0.39, 0.29) is 27.8 Å². The second-order valence-electron chi connectivity index (χ2n) is 9.17. The van der Waals surface area contributed by atoms with E-state index < -0.39 is 29.5 Å². The van der Waals surface area contributed by atoms with Gasteiger partial charge in [-0.3, -0.25) is 14.5 Å². The summed E-state index contributed by atoms with van der Waals surface area (Å²) in [7, 11) is 1.24. The molecule has 1 N–H and O–H groups in total. The number of ketones is 1. The maximum atomic E-state index is 13.6. The van der Waals surface area contributed by atoms with E-state index in [1.807, 2.05) is 6.92 Å². The molecule has 218 valence electrons. The standard InChI is InChI=1S/C30H28N2O9S/c1-5-11-39-19-9-7-17(14-21(19)38-6-2)24-23(25(33)18-8-10-20-22(15-18)41-13-12-40-20)26(34)28(35)32(24)30-31-16(3)27(42-30)29(36)37-4/h5,7-10,14-15,24,33H,1,6,11-13H2,2-4H3/b25-23+/t24-/m0/s1. The van der Waals surface area contributed by atoms with E-state index >= 15 is 0 Å². The van der Waals surface area contributed by atoms with Crippen molar-refractivity contribution in [3.63, 3.8) is 0 Å². The summed E-state index contributed by atoms with van der Waals surface area (Å²) < 4.78 is 27.6. The molecule has 0 bridgehead atoms. The fourth-order valence-electron chi connectivity index (χ4n) is 4.69. The molecule has 1 saturated heterocycles. The van der Waals surface area contributed by atoms with Crippen molar-refractivity contribution in [3.8, 4) is 23.0 Å². The van der Waals surface area contributed by atoms with Crippen LogP contribution >= 0.6 is 11.3 Å². The van der Waals surface area contributed by atoms with Crippen molar-refractivity contribution in [2.45, 2.75) is 19.9 Å². The van der Waals surface area contributed by atoms with Gasteiger partial charge in [0.2, 0.25) is 0 Å². The van der Waals surface area contributed by atoms with Crippen LogP contribution in [0, 0.1) is 6.92 Å². The number of aliphatic hydroxyl groups is 1. The Kier molecular flexibility index (Phi) is 8.16. The number of carbonyl (C=O) groups is 3. The molecule has 2 aromatic carbocycles. The lowest BCUT2D eigenvalue weighted by molar-refractivity contribution is -0.132. The molecule has 0 radical (unpaired) electrons. The molecule has 11 nitrogen and oxygen atoms in total. The maximum Gasteiger partial charge on any atom is 0.350 e. The van der Waals surface area contributed by atoms with E-state index in [9.17, 15) is 19.5 Å². The smallest absolute Gasteiger partial charge is 0.350 e. The van der Waals surface area contributed by atoms with Gasteiger partial charge < -0.3 is 28.8 Å². The fourth-order valence-corrected chi connectivity index (χ4v) is 5.70. The Morgan fingerprint density at radius 3 is 2.62 bits per heavy atom. The molecular weight excluding hydrogens is 564 g/mol. The number of methoxy groups -OCH3 is 1. The van der Waals surface area contributed by atoms with Crippen LogP contribution < -0.4 is 23.8 Å². The average Bonchev–Trinajstić information content (AvgIpc) is 3.51. The number of aromatic nitrogens is 1. The second kappa shape index (κ2) is 12.0. The number of benzene rings is 2. The third kappa shape index (κ3) is 5.16. The molecule has 3 aromatic rings. The van der Waals surface area contributed by atoms with Crippen LogP contribution in [-0.2, 0) is 14.3 Å². The number of hydrogen-bond donors (Lipinski definition) is 1. The van der Waals surface area contributed by atoms with Gasteiger partial charge in [-0.1, -0.05) is 30.1 Å². The van der Waals surface area contributed by atoms with Crippen LogP contribution in [0.15, 0.2) is 54.6 Å². The lowest BCUT2D eigenvalue weighted by atomic mass is 9.95. The predicted molar refractivity (Wildman–Crippen MR) is 154 cm³/mol. The molecule has 1 fully saturated rings. The monoisotopic (exact) mass is 592 g/mol. The Morgan fingerprint density at radius 1 is 1.14 bits per heavy atom. The van der Waals surface area contributed by atoms with Crippen molar-refractivity contribution in [2.24, 2.45) is 0 Å². The zero-order valence-electron chi connectivity index (χ0n) is 23.2. The summed E-state index contributed by atoms with van der Waals surface area (Å²) in [6, 6.07) is 8.60. The number of ether oxygens (including phenoxy) is 5. The van der Waals surface area contributed by atoms with E-state index in [4.69, 9.17) is 23.7 Å². The van der Waals surface area contributed by atoms with Crippen LogP contribution in [0.2, 0.25) is 0 Å². The minimum absolute atomic E-state index is 0.0890. The van der Waals surface area contributed by atoms with Gasteiger partial charge in [0, 0.05) is 5.56 Å². The second-order valence-corrected chi connectivity index (χ2v) is 10.1. The van der Waals surface area contributed by atoms with Crippen molar-refractivity contribution in [1.29, 1.82) is 0 Å². The van der Waals surface area contributed by atoms with Gasteiger partial charge in [0.1, 0.15) is 30.5 Å². The number of thiazole rings is 1. The number of aliphatic hydroxyl groups excluding tert-OH is 1. The van der Waals surface area contributed by atoms with Gasteiger partial charge in [0.15, 0.2) is 28.1 Å². The largest absolute Gasteiger partial charge is 0.507 e. The number of nitrogens with zero attached hydrogens (tertiary/aromatic N) is 2. The molecular formula is C30H28N2O9S. The number of fused-ring (bicyclic) bond motifs is 1. The number of hydrogen-bond acceptors (Lipinski definition) is 11. The molecule has 0 saturated carbocycles. The van der Waals surface area contributed by atoms with Gasteiger partial charge in [-0.05, 0) is 49.7 Å². The summed E-state index contributed by atoms with van der Waals surface area (Å²) in [5.74, 6) is -1.18. The number of Topliss-reactive ketones (excluding diaryl/α,β-unsaturated/α-hetero) is 1. The minimum atomic E-state index is -1.12. The van der Waals surface area contributed by atoms with Crippen LogP contribution in [-0.4, -0.2) is 61.3 Å². The molecule has 0 aliphatic carbocycles. The number of rotatable bonds is 9. The Hall–Kier alpha value is -4.84. The third-order valence-electron chi connectivity index (χ3n) is 6.56. The summed E-state index contributed by atoms with van der Waals surface area (Å²) >= 11 is 0.910. The molecule has 0 spiro atoms. The zero-order valence-corrected chi connectivity index (χ0v) is 24.0. The third-order valence-corrected chi connectivity index (χ3v) is 7.70. The first kappa shape index (κ1) is 28.7. The summed E-state index contributed by atoms with van der Waals surface area (Å²) in [6.07, 6.45) is 1.59. The molecule has 2 aliphatic rings. The zero-order chi connectivity index (χ0) is 30.0. The number of aryl methyl sites for hydroxylation is 1. The van der Waals surface area contributed by atoms with Gasteiger partial charge in [-0.2, -0.15) is 0 Å². The van der Waals surface area contributed by atoms with E-state index in [2.05, 4.69) is 11.6 Å². The van der Waals surface area contributed by atoms with Gasteiger partial charge in [0.05, 0.1) is 31.0 Å². The van der Waals surface area contributed by atoms with Crippen LogP contribution in [0.4, 0.5) is 5.13 Å². The maximum absolute atomic E-state index is 13.6. The summed E-state index contributed by atoms with van der Waals surface area (Å²) in [4.78, 5) is 45.4. The Labute approximate surface area is 245 Å². The quantitative estimate of drug-likeness (QED) is 0.124. The average molecular weight is 593 g/mol. The summed E-state index contributed by atoms with van der Waals surface area (Å²) in [6.45, 7) is 8.35. The van der Waals surface area contributed by atoms with E-state index in [0.717, 1.165) is 11.3 Å². The highest BCUT2D eigenvalue weighted by molar-refractivity contribution is 7.17. The number of anilines is 1. The molecule has 2 aliphatic heterocycles. The van der Waals surface area contributed by atoms with Crippen LogP contribution in [0.5, 0.6) is 23.0 Å². The topological polar surface area (TPSA) is 134 Å². The fraction of sp³-hybridized carbons (Fsp3) is 0.267. The van der Waals surface area contributed by atoms with E-state index in [0.29, 0.717) is 54.1 Å². The van der Waals surface area contributed by atoms with Crippen LogP contribution in [0.25, 0.3) is 5.76 Å². The predicted octanol–water partition coefficient (Wildman–Crippen LogP) is 4.60. The molecule has 12 heteroatoms. The van der Waals surface area contributed by atoms with Gasteiger partial charge in [-0.15, -0.1) is 0 Å². The first-order valence-electron chi connectivity index (χ1n) is 13.1. The molecule has 3 heterocycles. The molecule has 1 atom stereocenters. The highest BCUT2D eigenvalue weighted by Gasteiger charge is 2.48. The van der Waals surface area contributed by atoms with Gasteiger partial charge in [-0.25, -0.2) is 9.78 Å².